The van der Waals surface area contributed by atoms with Crippen LogP contribution in [0.1, 0.15) is 42.7 Å². The number of carbonyl (C=O) groups is 1. The molecule has 0 aliphatic carbocycles. The number of hydrogen-bond acceptors (Lipinski definition) is 5. The normalized spacial score (nSPS) is 15.9. The SMILES string of the molecule is CCN(Cc1ccccc1)C(=O)c1coc(CN2CCN(CC(C)C)CC2)n1. The minimum absolute atomic E-state index is 0.0805. The summed E-state index contributed by atoms with van der Waals surface area (Å²) in [6, 6.07) is 10.0. The predicted molar refractivity (Wildman–Crippen MR) is 110 cm³/mol. The molecule has 0 bridgehead atoms. The van der Waals surface area contributed by atoms with Gasteiger partial charge in [-0.25, -0.2) is 4.98 Å². The fourth-order valence-corrected chi connectivity index (χ4v) is 3.61. The maximum atomic E-state index is 12.8. The third-order valence-corrected chi connectivity index (χ3v) is 5.10. The molecule has 6 nitrogen and oxygen atoms in total. The van der Waals surface area contributed by atoms with E-state index in [2.05, 4.69) is 28.6 Å². The topological polar surface area (TPSA) is 52.8 Å². The van der Waals surface area contributed by atoms with Gasteiger partial charge in [-0.15, -0.1) is 0 Å². The van der Waals surface area contributed by atoms with E-state index < -0.39 is 0 Å². The molecule has 0 unspecified atom stereocenters. The molecule has 0 radical (unpaired) electrons. The van der Waals surface area contributed by atoms with E-state index in [0.717, 1.165) is 38.3 Å². The van der Waals surface area contributed by atoms with Crippen LogP contribution in [-0.2, 0) is 13.1 Å². The highest BCUT2D eigenvalue weighted by Gasteiger charge is 2.22. The fraction of sp³-hybridized carbons (Fsp3) is 0.545. The first-order valence-electron chi connectivity index (χ1n) is 10.3. The minimum Gasteiger partial charge on any atom is -0.447 e. The van der Waals surface area contributed by atoms with Crippen LogP contribution in [0.4, 0.5) is 0 Å². The van der Waals surface area contributed by atoms with Crippen LogP contribution in [0.3, 0.4) is 0 Å². The average molecular weight is 385 g/mol. The number of piperazine rings is 1. The van der Waals surface area contributed by atoms with Crippen molar-refractivity contribution in [2.24, 2.45) is 5.92 Å². The molecule has 3 rings (SSSR count). The van der Waals surface area contributed by atoms with Gasteiger partial charge in [0.2, 0.25) is 5.89 Å². The van der Waals surface area contributed by atoms with Gasteiger partial charge in [0.15, 0.2) is 5.69 Å². The van der Waals surface area contributed by atoms with Crippen molar-refractivity contribution in [3.05, 3.63) is 53.7 Å². The first kappa shape index (κ1) is 20.6. The third kappa shape index (κ3) is 5.66. The first-order chi connectivity index (χ1) is 13.5. The zero-order valence-corrected chi connectivity index (χ0v) is 17.3. The van der Waals surface area contributed by atoms with Crippen LogP contribution in [-0.4, -0.2) is 64.9 Å². The summed E-state index contributed by atoms with van der Waals surface area (Å²) in [5.41, 5.74) is 1.51. The van der Waals surface area contributed by atoms with E-state index in [1.807, 2.05) is 37.3 Å². The zero-order valence-electron chi connectivity index (χ0n) is 17.3. The Morgan fingerprint density at radius 2 is 1.82 bits per heavy atom. The Bertz CT molecular complexity index is 736. The molecule has 1 saturated heterocycles. The van der Waals surface area contributed by atoms with Crippen LogP contribution >= 0.6 is 0 Å². The molecule has 1 aliphatic heterocycles. The van der Waals surface area contributed by atoms with Crippen LogP contribution in [0.5, 0.6) is 0 Å². The molecule has 1 amide bonds. The lowest BCUT2D eigenvalue weighted by Gasteiger charge is -2.34. The standard InChI is InChI=1S/C22H32N4O2/c1-4-26(15-19-8-6-5-7-9-19)22(27)20-17-28-21(23-20)16-25-12-10-24(11-13-25)14-18(2)3/h5-9,17-18H,4,10-16H2,1-3H3. The molecule has 28 heavy (non-hydrogen) atoms. The van der Waals surface area contributed by atoms with Crippen LogP contribution in [0.15, 0.2) is 41.0 Å². The summed E-state index contributed by atoms with van der Waals surface area (Å²) in [6.07, 6.45) is 1.50. The smallest absolute Gasteiger partial charge is 0.276 e. The van der Waals surface area contributed by atoms with Crippen molar-refractivity contribution in [1.29, 1.82) is 0 Å². The second-order valence-electron chi connectivity index (χ2n) is 7.90. The molecule has 2 aromatic rings. The molecule has 1 aliphatic rings. The number of hydrogen-bond donors (Lipinski definition) is 0. The van der Waals surface area contributed by atoms with Crippen molar-refractivity contribution < 1.29 is 9.21 Å². The number of rotatable bonds is 8. The highest BCUT2D eigenvalue weighted by Crippen LogP contribution is 2.13. The molecule has 1 fully saturated rings. The Hall–Kier alpha value is -2.18. The molecule has 0 saturated carbocycles. The van der Waals surface area contributed by atoms with E-state index in [-0.39, 0.29) is 5.91 Å². The average Bonchev–Trinajstić information content (AvgIpc) is 3.16. The van der Waals surface area contributed by atoms with Gasteiger partial charge in [-0.05, 0) is 18.4 Å². The van der Waals surface area contributed by atoms with Crippen LogP contribution in [0, 0.1) is 5.92 Å². The molecular formula is C22H32N4O2. The molecule has 152 valence electrons. The van der Waals surface area contributed by atoms with E-state index >= 15 is 0 Å². The minimum atomic E-state index is -0.0805. The van der Waals surface area contributed by atoms with Gasteiger partial charge in [-0.2, -0.15) is 0 Å². The summed E-state index contributed by atoms with van der Waals surface area (Å²) in [6.45, 7) is 13.7. The van der Waals surface area contributed by atoms with Gasteiger partial charge in [0.05, 0.1) is 6.54 Å². The second kappa shape index (κ2) is 9.85. The summed E-state index contributed by atoms with van der Waals surface area (Å²) >= 11 is 0. The van der Waals surface area contributed by atoms with Crippen molar-refractivity contribution in [2.45, 2.75) is 33.9 Å². The van der Waals surface area contributed by atoms with Gasteiger partial charge in [0.1, 0.15) is 6.26 Å². The van der Waals surface area contributed by atoms with Gasteiger partial charge < -0.3 is 14.2 Å². The molecule has 1 aromatic heterocycles. The van der Waals surface area contributed by atoms with E-state index in [0.29, 0.717) is 37.1 Å². The molecule has 0 atom stereocenters. The highest BCUT2D eigenvalue weighted by atomic mass is 16.3. The summed E-state index contributed by atoms with van der Waals surface area (Å²) in [7, 11) is 0. The molecule has 1 aromatic carbocycles. The van der Waals surface area contributed by atoms with Gasteiger partial charge >= 0.3 is 0 Å². The Labute approximate surface area is 168 Å². The summed E-state index contributed by atoms with van der Waals surface area (Å²) in [5.74, 6) is 1.24. The van der Waals surface area contributed by atoms with Crippen LogP contribution in [0.2, 0.25) is 0 Å². The van der Waals surface area contributed by atoms with E-state index in [9.17, 15) is 4.79 Å². The molecule has 6 heteroatoms. The number of nitrogens with zero attached hydrogens (tertiary/aromatic N) is 4. The Morgan fingerprint density at radius 1 is 1.14 bits per heavy atom. The van der Waals surface area contributed by atoms with Crippen LogP contribution in [0.25, 0.3) is 0 Å². The molecule has 0 spiro atoms. The molecule has 0 N–H and O–H groups in total. The van der Waals surface area contributed by atoms with Gasteiger partial charge in [-0.1, -0.05) is 44.2 Å². The summed E-state index contributed by atoms with van der Waals surface area (Å²) in [4.78, 5) is 23.9. The van der Waals surface area contributed by atoms with Gasteiger partial charge in [0.25, 0.3) is 5.91 Å². The number of aromatic nitrogens is 1. The third-order valence-electron chi connectivity index (χ3n) is 5.10. The van der Waals surface area contributed by atoms with Crippen molar-refractivity contribution in [2.75, 3.05) is 39.3 Å². The number of oxazole rings is 1. The van der Waals surface area contributed by atoms with E-state index in [1.54, 1.807) is 4.90 Å². The Kier molecular flexibility index (Phi) is 7.23. The fourth-order valence-electron chi connectivity index (χ4n) is 3.61. The van der Waals surface area contributed by atoms with Crippen LogP contribution < -0.4 is 0 Å². The Balaban J connectivity index is 1.54. The van der Waals surface area contributed by atoms with Crippen molar-refractivity contribution >= 4 is 5.91 Å². The number of amides is 1. The quantitative estimate of drug-likeness (QED) is 0.700. The predicted octanol–water partition coefficient (Wildman–Crippen LogP) is 3.11. The lowest BCUT2D eigenvalue weighted by Crippen LogP contribution is -2.46. The lowest BCUT2D eigenvalue weighted by molar-refractivity contribution is 0.0746. The van der Waals surface area contributed by atoms with Crippen molar-refractivity contribution in [1.82, 2.24) is 19.7 Å². The van der Waals surface area contributed by atoms with E-state index in [4.69, 9.17) is 4.42 Å². The van der Waals surface area contributed by atoms with Gasteiger partial charge in [-0.3, -0.25) is 9.69 Å². The summed E-state index contributed by atoms with van der Waals surface area (Å²) in [5, 5.41) is 0. The van der Waals surface area contributed by atoms with Crippen molar-refractivity contribution in [3.63, 3.8) is 0 Å². The Morgan fingerprint density at radius 3 is 2.46 bits per heavy atom. The molecule has 2 heterocycles. The van der Waals surface area contributed by atoms with E-state index in [1.165, 1.54) is 6.26 Å². The first-order valence-corrected chi connectivity index (χ1v) is 10.3. The zero-order chi connectivity index (χ0) is 19.9. The highest BCUT2D eigenvalue weighted by molar-refractivity contribution is 5.91. The largest absolute Gasteiger partial charge is 0.447 e. The summed E-state index contributed by atoms with van der Waals surface area (Å²) < 4.78 is 5.61. The molecular weight excluding hydrogens is 352 g/mol. The number of benzene rings is 1. The van der Waals surface area contributed by atoms with Crippen molar-refractivity contribution in [3.8, 4) is 0 Å². The lowest BCUT2D eigenvalue weighted by atomic mass is 10.2. The second-order valence-corrected chi connectivity index (χ2v) is 7.90. The maximum absolute atomic E-state index is 12.8. The number of carbonyl (C=O) groups excluding carboxylic acids is 1. The monoisotopic (exact) mass is 384 g/mol. The van der Waals surface area contributed by atoms with Gasteiger partial charge in [0, 0.05) is 45.8 Å². The maximum Gasteiger partial charge on any atom is 0.276 e.